The van der Waals surface area contributed by atoms with Crippen molar-refractivity contribution in [2.45, 2.75) is 26.0 Å². The second kappa shape index (κ2) is 11.3. The third-order valence-corrected chi connectivity index (χ3v) is 6.41. The maximum absolute atomic E-state index is 13.6. The second-order valence-electron chi connectivity index (χ2n) is 9.26. The minimum Gasteiger partial charge on any atom is -0.472 e. The molecule has 0 saturated heterocycles. The molecule has 10 heteroatoms. The molecule has 1 aromatic carbocycles. The number of hydrogen-bond acceptors (Lipinski definition) is 6. The van der Waals surface area contributed by atoms with Crippen LogP contribution in [0.4, 0.5) is 14.9 Å². The van der Waals surface area contributed by atoms with Crippen LogP contribution in [0.2, 0.25) is 0 Å². The molecular formula is C27H30FN5O4. The third-order valence-electron chi connectivity index (χ3n) is 6.41. The van der Waals surface area contributed by atoms with E-state index in [1.807, 2.05) is 13.0 Å². The van der Waals surface area contributed by atoms with Crippen LogP contribution in [0, 0.1) is 11.7 Å². The smallest absolute Gasteiger partial charge is 0.321 e. The largest absolute Gasteiger partial charge is 0.472 e. The highest BCUT2D eigenvalue weighted by atomic mass is 19.1. The van der Waals surface area contributed by atoms with E-state index in [1.165, 1.54) is 29.2 Å². The van der Waals surface area contributed by atoms with E-state index in [0.717, 1.165) is 5.56 Å². The molecule has 0 aliphatic carbocycles. The SMILES string of the molecule is C[C@@H]1CN([C@@H](C)CO)C(=O)c2cc(-c3cccnc3)cnc2O[C@@H]1CN(C)C(=O)Nc1ccc(F)cc1. The molecule has 0 fully saturated rings. The van der Waals surface area contributed by atoms with Crippen molar-refractivity contribution in [2.75, 3.05) is 32.1 Å². The Bertz CT molecular complexity index is 1240. The van der Waals surface area contributed by atoms with Gasteiger partial charge in [0.25, 0.3) is 5.91 Å². The number of hydrogen-bond donors (Lipinski definition) is 2. The Labute approximate surface area is 214 Å². The molecule has 3 aromatic rings. The number of carbonyl (C=O) groups excluding carboxylic acids is 2. The number of halogens is 1. The molecule has 0 saturated carbocycles. The van der Waals surface area contributed by atoms with E-state index in [4.69, 9.17) is 4.74 Å². The number of aromatic nitrogens is 2. The van der Waals surface area contributed by atoms with Crippen LogP contribution in [0.15, 0.2) is 61.1 Å². The molecule has 2 N–H and O–H groups in total. The van der Waals surface area contributed by atoms with Gasteiger partial charge in [-0.25, -0.2) is 14.2 Å². The molecule has 0 bridgehead atoms. The summed E-state index contributed by atoms with van der Waals surface area (Å²) in [5.41, 5.74) is 2.25. The van der Waals surface area contributed by atoms with Gasteiger partial charge in [-0.3, -0.25) is 9.78 Å². The first-order valence-corrected chi connectivity index (χ1v) is 12.0. The quantitative estimate of drug-likeness (QED) is 0.527. The number of benzene rings is 1. The number of nitrogens with zero attached hydrogens (tertiary/aromatic N) is 4. The van der Waals surface area contributed by atoms with Crippen LogP contribution in [0.3, 0.4) is 0 Å². The fourth-order valence-electron chi connectivity index (χ4n) is 4.12. The molecule has 3 heterocycles. The summed E-state index contributed by atoms with van der Waals surface area (Å²) in [5, 5.41) is 12.6. The summed E-state index contributed by atoms with van der Waals surface area (Å²) in [6.07, 6.45) is 4.47. The molecule has 194 valence electrons. The molecule has 0 spiro atoms. The van der Waals surface area contributed by atoms with Crippen LogP contribution in [-0.4, -0.2) is 75.7 Å². The fraction of sp³-hybridized carbons (Fsp3) is 0.333. The number of rotatable bonds is 6. The molecule has 0 radical (unpaired) electrons. The number of pyridine rings is 2. The molecule has 1 aliphatic rings. The highest BCUT2D eigenvalue weighted by molar-refractivity contribution is 5.98. The molecule has 1 aliphatic heterocycles. The number of aliphatic hydroxyl groups is 1. The fourth-order valence-corrected chi connectivity index (χ4v) is 4.12. The Morgan fingerprint density at radius 2 is 2.03 bits per heavy atom. The Morgan fingerprint density at radius 3 is 2.70 bits per heavy atom. The number of likely N-dealkylation sites (N-methyl/N-ethyl adjacent to an activating group) is 1. The van der Waals surface area contributed by atoms with E-state index in [9.17, 15) is 19.1 Å². The second-order valence-corrected chi connectivity index (χ2v) is 9.26. The van der Waals surface area contributed by atoms with Gasteiger partial charge in [0.1, 0.15) is 17.5 Å². The van der Waals surface area contributed by atoms with Crippen LogP contribution in [0.1, 0.15) is 24.2 Å². The van der Waals surface area contributed by atoms with Crippen molar-refractivity contribution in [3.63, 3.8) is 0 Å². The van der Waals surface area contributed by atoms with Gasteiger partial charge < -0.3 is 25.0 Å². The lowest BCUT2D eigenvalue weighted by molar-refractivity contribution is 0.0356. The van der Waals surface area contributed by atoms with E-state index in [2.05, 4.69) is 15.3 Å². The van der Waals surface area contributed by atoms with E-state index >= 15 is 0 Å². The normalized spacial score (nSPS) is 18.2. The molecule has 3 atom stereocenters. The zero-order valence-electron chi connectivity index (χ0n) is 21.0. The highest BCUT2D eigenvalue weighted by Gasteiger charge is 2.34. The van der Waals surface area contributed by atoms with Gasteiger partial charge in [-0.05, 0) is 43.3 Å². The van der Waals surface area contributed by atoms with E-state index in [1.54, 1.807) is 49.6 Å². The summed E-state index contributed by atoms with van der Waals surface area (Å²) in [6, 6.07) is 10.1. The Balaban J connectivity index is 1.61. The third kappa shape index (κ3) is 6.03. The lowest BCUT2D eigenvalue weighted by Gasteiger charge is -2.37. The maximum atomic E-state index is 13.6. The Hall–Kier alpha value is -4.05. The molecule has 9 nitrogen and oxygen atoms in total. The summed E-state index contributed by atoms with van der Waals surface area (Å²) < 4.78 is 19.4. The molecular weight excluding hydrogens is 477 g/mol. The lowest BCUT2D eigenvalue weighted by atomic mass is 9.99. The monoisotopic (exact) mass is 507 g/mol. The predicted octanol–water partition coefficient (Wildman–Crippen LogP) is 3.67. The summed E-state index contributed by atoms with van der Waals surface area (Å²) in [7, 11) is 1.63. The van der Waals surface area contributed by atoms with Crippen LogP contribution >= 0.6 is 0 Å². The lowest BCUT2D eigenvalue weighted by Crippen LogP contribution is -2.50. The Kier molecular flexibility index (Phi) is 7.98. The van der Waals surface area contributed by atoms with Gasteiger partial charge in [-0.1, -0.05) is 13.0 Å². The molecule has 37 heavy (non-hydrogen) atoms. The van der Waals surface area contributed by atoms with Crippen LogP contribution in [0.5, 0.6) is 5.88 Å². The molecule has 2 aromatic heterocycles. The standard InChI is InChI=1S/C27H30FN5O4/c1-17-14-33(18(2)16-34)26(35)23-11-20(19-5-4-10-29-12-19)13-30-25(23)37-24(17)15-32(3)27(36)31-22-8-6-21(28)7-9-22/h4-13,17-18,24,34H,14-16H2,1-3H3,(H,31,36)/t17-,18+,24-/m1/s1. The van der Waals surface area contributed by atoms with Crippen molar-refractivity contribution in [1.29, 1.82) is 0 Å². The van der Waals surface area contributed by atoms with Gasteiger partial charge in [0.2, 0.25) is 5.88 Å². The topological polar surface area (TPSA) is 108 Å². The van der Waals surface area contributed by atoms with Crippen molar-refractivity contribution < 1.29 is 23.8 Å². The van der Waals surface area contributed by atoms with E-state index in [0.29, 0.717) is 17.8 Å². The number of ether oxygens (including phenoxy) is 1. The minimum absolute atomic E-state index is 0.164. The number of aliphatic hydroxyl groups excluding tert-OH is 1. The number of urea groups is 1. The first-order chi connectivity index (χ1) is 17.8. The summed E-state index contributed by atoms with van der Waals surface area (Å²) in [4.78, 5) is 38.0. The average Bonchev–Trinajstić information content (AvgIpc) is 2.91. The van der Waals surface area contributed by atoms with Crippen LogP contribution < -0.4 is 10.1 Å². The maximum Gasteiger partial charge on any atom is 0.321 e. The van der Waals surface area contributed by atoms with E-state index < -0.39 is 18.0 Å². The van der Waals surface area contributed by atoms with Gasteiger partial charge in [0.15, 0.2) is 0 Å². The number of fused-ring (bicyclic) bond motifs is 1. The first kappa shape index (κ1) is 26.0. The van der Waals surface area contributed by atoms with Crippen molar-refractivity contribution in [1.82, 2.24) is 19.8 Å². The zero-order valence-corrected chi connectivity index (χ0v) is 21.0. The van der Waals surface area contributed by atoms with Gasteiger partial charge in [-0.15, -0.1) is 0 Å². The van der Waals surface area contributed by atoms with Gasteiger partial charge in [-0.2, -0.15) is 0 Å². The van der Waals surface area contributed by atoms with Gasteiger partial charge >= 0.3 is 6.03 Å². The molecule has 0 unspecified atom stereocenters. The van der Waals surface area contributed by atoms with Gasteiger partial charge in [0, 0.05) is 54.9 Å². The zero-order chi connectivity index (χ0) is 26.5. The van der Waals surface area contributed by atoms with Crippen LogP contribution in [0.25, 0.3) is 11.1 Å². The summed E-state index contributed by atoms with van der Waals surface area (Å²) in [5.74, 6) is -0.705. The molecule has 4 rings (SSSR count). The minimum atomic E-state index is -0.499. The van der Waals surface area contributed by atoms with Crippen LogP contribution in [-0.2, 0) is 0 Å². The Morgan fingerprint density at radius 1 is 1.27 bits per heavy atom. The highest BCUT2D eigenvalue weighted by Crippen LogP contribution is 2.30. The van der Waals surface area contributed by atoms with Gasteiger partial charge in [0.05, 0.1) is 19.2 Å². The average molecular weight is 508 g/mol. The van der Waals surface area contributed by atoms with Crippen molar-refractivity contribution in [2.24, 2.45) is 5.92 Å². The van der Waals surface area contributed by atoms with E-state index in [-0.39, 0.29) is 42.5 Å². The van der Waals surface area contributed by atoms with Crippen molar-refractivity contribution in [3.05, 3.63) is 72.4 Å². The van der Waals surface area contributed by atoms with Crippen molar-refractivity contribution >= 4 is 17.6 Å². The molecule has 3 amide bonds. The summed E-state index contributed by atoms with van der Waals surface area (Å²) in [6.45, 7) is 4.03. The number of nitrogens with one attached hydrogen (secondary N) is 1. The first-order valence-electron chi connectivity index (χ1n) is 12.0. The number of carbonyl (C=O) groups is 2. The number of anilines is 1. The summed E-state index contributed by atoms with van der Waals surface area (Å²) >= 11 is 0. The predicted molar refractivity (Wildman–Crippen MR) is 137 cm³/mol. The van der Waals surface area contributed by atoms with Crippen molar-refractivity contribution in [3.8, 4) is 17.0 Å². The number of amides is 3.